The van der Waals surface area contributed by atoms with E-state index in [9.17, 15) is 0 Å². The summed E-state index contributed by atoms with van der Waals surface area (Å²) in [5.74, 6) is 0.831. The Labute approximate surface area is 189 Å². The molecule has 1 fully saturated rings. The number of allylic oxidation sites excluding steroid dienone is 1. The van der Waals surface area contributed by atoms with E-state index >= 15 is 0 Å². The predicted octanol–water partition coefficient (Wildman–Crippen LogP) is 8.55. The summed E-state index contributed by atoms with van der Waals surface area (Å²) in [5, 5.41) is 0. The summed E-state index contributed by atoms with van der Waals surface area (Å²) in [6.45, 7) is 6.84. The van der Waals surface area contributed by atoms with E-state index in [4.69, 9.17) is 17.0 Å². The van der Waals surface area contributed by atoms with Gasteiger partial charge >= 0.3 is 37.9 Å². The molecule has 0 unspecified atom stereocenters. The molecule has 0 nitrogen and oxygen atoms in total. The van der Waals surface area contributed by atoms with Gasteiger partial charge < -0.3 is 0 Å². The molecular weight excluding hydrogens is 462 g/mol. The van der Waals surface area contributed by atoms with Crippen molar-refractivity contribution >= 4 is 23.1 Å². The van der Waals surface area contributed by atoms with E-state index < -0.39 is 20.8 Å². The van der Waals surface area contributed by atoms with Crippen LogP contribution in [0.5, 0.6) is 0 Å². The molecule has 0 N–H and O–H groups in total. The Morgan fingerprint density at radius 2 is 1.54 bits per heavy atom. The molecule has 0 amide bonds. The molecule has 28 heavy (non-hydrogen) atoms. The second-order valence-electron chi connectivity index (χ2n) is 9.01. The van der Waals surface area contributed by atoms with Gasteiger partial charge in [-0.15, -0.1) is 0 Å². The van der Waals surface area contributed by atoms with Gasteiger partial charge in [-0.2, -0.15) is 0 Å². The molecule has 1 saturated carbocycles. The van der Waals surface area contributed by atoms with E-state index in [1.165, 1.54) is 66.3 Å². The third kappa shape index (κ3) is 5.41. The normalized spacial score (nSPS) is 16.7. The van der Waals surface area contributed by atoms with E-state index in [0.29, 0.717) is 0 Å². The molecule has 2 aromatic carbocycles. The average Bonchev–Trinajstić information content (AvgIpc) is 3.13. The minimum absolute atomic E-state index is 0.214. The molecule has 4 rings (SSSR count). The van der Waals surface area contributed by atoms with Crippen molar-refractivity contribution in [1.82, 2.24) is 0 Å². The maximum absolute atomic E-state index is 4.93. The van der Waals surface area contributed by atoms with E-state index in [-0.39, 0.29) is 5.41 Å². The van der Waals surface area contributed by atoms with Gasteiger partial charge in [0.2, 0.25) is 0 Å². The summed E-state index contributed by atoms with van der Waals surface area (Å²) < 4.78 is 0. The summed E-state index contributed by atoms with van der Waals surface area (Å²) in [6, 6.07) is 16.1. The van der Waals surface area contributed by atoms with Crippen molar-refractivity contribution in [2.75, 3.05) is 0 Å². The van der Waals surface area contributed by atoms with Crippen molar-refractivity contribution in [2.45, 2.75) is 64.7 Å². The molecule has 0 aliphatic heterocycles. The van der Waals surface area contributed by atoms with Gasteiger partial charge in [0.05, 0.1) is 0 Å². The standard InChI is InChI=1S/C25H30.2ClH.Zr/c1-25(2,3)22-14-12-19(13-15-22)23-11-7-10-20-16-21(17-24(20)23)18-8-5-4-6-9-18;;;/h7,10-15,17-18H,4-6,8-9,16H2,1-3H3;2*1H;/q;;;+2/p-2. The number of fused-ring (bicyclic) bond motifs is 1. The molecule has 0 bridgehead atoms. The number of hydrogen-bond donors (Lipinski definition) is 0. The topological polar surface area (TPSA) is 0 Å². The Kier molecular flexibility index (Phi) is 8.06. The zero-order valence-electron chi connectivity index (χ0n) is 17.2. The van der Waals surface area contributed by atoms with Crippen molar-refractivity contribution < 1.29 is 20.8 Å². The molecule has 0 aromatic heterocycles. The van der Waals surface area contributed by atoms with E-state index in [1.807, 2.05) is 0 Å². The van der Waals surface area contributed by atoms with Crippen molar-refractivity contribution in [3.63, 3.8) is 0 Å². The molecule has 0 heterocycles. The van der Waals surface area contributed by atoms with Gasteiger partial charge in [-0.05, 0) is 58.4 Å². The summed E-state index contributed by atoms with van der Waals surface area (Å²) >= 11 is -0.826. The number of rotatable bonds is 2. The first kappa shape index (κ1) is 22.3. The van der Waals surface area contributed by atoms with Gasteiger partial charge in [0.1, 0.15) is 0 Å². The molecule has 2 aromatic rings. The van der Waals surface area contributed by atoms with Crippen LogP contribution in [0.15, 0.2) is 48.0 Å². The second kappa shape index (κ2) is 10.1. The fourth-order valence-electron chi connectivity index (χ4n) is 4.53. The fraction of sp³-hybridized carbons (Fsp3) is 0.440. The van der Waals surface area contributed by atoms with Crippen molar-refractivity contribution in [3.8, 4) is 11.1 Å². The van der Waals surface area contributed by atoms with E-state index in [2.05, 4.69) is 69.3 Å². The first-order chi connectivity index (χ1) is 13.4. The molecule has 3 heteroatoms. The van der Waals surface area contributed by atoms with Gasteiger partial charge in [-0.3, -0.25) is 0 Å². The first-order valence-electron chi connectivity index (χ1n) is 10.3. The zero-order chi connectivity index (χ0) is 20.1. The van der Waals surface area contributed by atoms with Gasteiger partial charge in [0.25, 0.3) is 0 Å². The molecule has 0 spiro atoms. The Bertz CT molecular complexity index is 809. The second-order valence-corrected chi connectivity index (χ2v) is 12.7. The Morgan fingerprint density at radius 1 is 0.893 bits per heavy atom. The Hall–Kier alpha value is -0.357. The van der Waals surface area contributed by atoms with Gasteiger partial charge in [0.15, 0.2) is 0 Å². The van der Waals surface area contributed by atoms with E-state index in [1.54, 1.807) is 5.57 Å². The summed E-state index contributed by atoms with van der Waals surface area (Å²) in [5.41, 5.74) is 9.07. The van der Waals surface area contributed by atoms with Crippen LogP contribution in [-0.2, 0) is 32.7 Å². The van der Waals surface area contributed by atoms with Crippen LogP contribution >= 0.6 is 17.0 Å². The zero-order valence-corrected chi connectivity index (χ0v) is 21.2. The summed E-state index contributed by atoms with van der Waals surface area (Å²) in [7, 11) is 9.87. The van der Waals surface area contributed by atoms with Crippen LogP contribution in [0.25, 0.3) is 17.2 Å². The molecule has 0 radical (unpaired) electrons. The molecule has 148 valence electrons. The van der Waals surface area contributed by atoms with Gasteiger partial charge in [-0.1, -0.05) is 94.1 Å². The quantitative estimate of drug-likeness (QED) is 0.394. The third-order valence-corrected chi connectivity index (χ3v) is 6.11. The van der Waals surface area contributed by atoms with Crippen molar-refractivity contribution in [1.29, 1.82) is 0 Å². The van der Waals surface area contributed by atoms with Crippen LogP contribution in [0.4, 0.5) is 0 Å². The van der Waals surface area contributed by atoms with Crippen LogP contribution in [-0.4, -0.2) is 0 Å². The van der Waals surface area contributed by atoms with Gasteiger partial charge in [0, 0.05) is 0 Å². The minimum atomic E-state index is -0.826. The predicted molar refractivity (Wildman–Crippen MR) is 121 cm³/mol. The van der Waals surface area contributed by atoms with Crippen molar-refractivity contribution in [3.05, 3.63) is 64.7 Å². The number of benzene rings is 2. The van der Waals surface area contributed by atoms with Crippen molar-refractivity contribution in [2.24, 2.45) is 5.92 Å². The van der Waals surface area contributed by atoms with E-state index in [0.717, 1.165) is 5.92 Å². The fourth-order valence-corrected chi connectivity index (χ4v) is 4.53. The first-order valence-corrected chi connectivity index (χ1v) is 16.7. The molecule has 0 saturated heterocycles. The third-order valence-electron chi connectivity index (χ3n) is 6.11. The summed E-state index contributed by atoms with van der Waals surface area (Å²) in [6.07, 6.45) is 10.8. The summed E-state index contributed by atoms with van der Waals surface area (Å²) in [4.78, 5) is 0. The molecule has 2 aliphatic rings. The number of halogens is 2. The average molecular weight is 493 g/mol. The number of hydrogen-bond acceptors (Lipinski definition) is 0. The SMILES string of the molecule is CC(C)(C)c1ccc(-c2cccc3c2C=C(C2CCCCC2)C3)cc1.[Cl][Zr][Cl]. The van der Waals surface area contributed by atoms with Crippen LogP contribution in [0.2, 0.25) is 0 Å². The maximum atomic E-state index is 4.93. The van der Waals surface area contributed by atoms with Crippen LogP contribution in [0, 0.1) is 5.92 Å². The van der Waals surface area contributed by atoms with Gasteiger partial charge in [-0.25, -0.2) is 0 Å². The van der Waals surface area contributed by atoms with Crippen LogP contribution in [0.3, 0.4) is 0 Å². The van der Waals surface area contributed by atoms with Crippen LogP contribution in [0.1, 0.15) is 69.6 Å². The Morgan fingerprint density at radius 3 is 2.14 bits per heavy atom. The Balaban J connectivity index is 0.000000706. The van der Waals surface area contributed by atoms with Crippen LogP contribution < -0.4 is 0 Å². The molecular formula is C25H30Cl2Zr. The monoisotopic (exact) mass is 490 g/mol. The molecule has 0 atom stereocenters. The molecule has 2 aliphatic carbocycles.